The number of benzene rings is 2. The molecule has 2 atom stereocenters. The molecule has 2 bridgehead atoms. The SMILES string of the molecule is O=C(CN1C[C@@H]2C[C@H]1CO2)Nc1cc(CC(=O)c2ccc(-c3cc(F)cc(F)c3)nc2)ccc1OC(F)(F)F. The first-order valence-corrected chi connectivity index (χ1v) is 12.0. The number of nitrogens with one attached hydrogen (secondary N) is 1. The van der Waals surface area contributed by atoms with Crippen molar-refractivity contribution in [2.75, 3.05) is 25.0 Å². The van der Waals surface area contributed by atoms with Crippen LogP contribution in [0.4, 0.5) is 27.6 Å². The predicted molar refractivity (Wildman–Crippen MR) is 129 cm³/mol. The van der Waals surface area contributed by atoms with Gasteiger partial charge in [0.2, 0.25) is 5.91 Å². The van der Waals surface area contributed by atoms with Gasteiger partial charge in [0.25, 0.3) is 0 Å². The van der Waals surface area contributed by atoms with Crippen LogP contribution in [0.2, 0.25) is 0 Å². The van der Waals surface area contributed by atoms with E-state index in [4.69, 9.17) is 4.74 Å². The Morgan fingerprint density at radius 1 is 1.08 bits per heavy atom. The van der Waals surface area contributed by atoms with Crippen LogP contribution in [0.3, 0.4) is 0 Å². The number of pyridine rings is 1. The van der Waals surface area contributed by atoms with Crippen molar-refractivity contribution >= 4 is 17.4 Å². The maximum atomic E-state index is 13.5. The molecule has 2 fully saturated rings. The predicted octanol–water partition coefficient (Wildman–Crippen LogP) is 4.76. The van der Waals surface area contributed by atoms with Gasteiger partial charge >= 0.3 is 6.36 Å². The highest BCUT2D eigenvalue weighted by molar-refractivity contribution is 5.98. The minimum Gasteiger partial charge on any atom is -0.404 e. The molecule has 1 N–H and O–H groups in total. The average Bonchev–Trinajstić information content (AvgIpc) is 3.48. The topological polar surface area (TPSA) is 80.8 Å². The summed E-state index contributed by atoms with van der Waals surface area (Å²) in [6.45, 7) is 1.05. The van der Waals surface area contributed by atoms with E-state index in [0.717, 1.165) is 30.7 Å². The van der Waals surface area contributed by atoms with Crippen molar-refractivity contribution in [2.24, 2.45) is 0 Å². The molecule has 1 aromatic heterocycles. The van der Waals surface area contributed by atoms with Crippen molar-refractivity contribution in [2.45, 2.75) is 31.3 Å². The lowest BCUT2D eigenvalue weighted by Crippen LogP contribution is -2.41. The Kier molecular flexibility index (Phi) is 7.32. The largest absolute Gasteiger partial charge is 0.573 e. The van der Waals surface area contributed by atoms with Crippen LogP contribution in [0.5, 0.6) is 5.75 Å². The fourth-order valence-electron chi connectivity index (χ4n) is 4.76. The van der Waals surface area contributed by atoms with E-state index in [1.807, 2.05) is 4.90 Å². The smallest absolute Gasteiger partial charge is 0.404 e. The van der Waals surface area contributed by atoms with Crippen LogP contribution in [-0.4, -0.2) is 59.8 Å². The molecule has 0 radical (unpaired) electrons. The van der Waals surface area contributed by atoms with E-state index in [-0.39, 0.29) is 47.6 Å². The van der Waals surface area contributed by atoms with Crippen molar-refractivity contribution in [1.82, 2.24) is 9.88 Å². The van der Waals surface area contributed by atoms with Crippen LogP contribution in [0, 0.1) is 11.6 Å². The number of hydrogen-bond donors (Lipinski definition) is 1. The zero-order chi connectivity index (χ0) is 27.7. The van der Waals surface area contributed by atoms with Crippen molar-refractivity contribution < 1.29 is 41.0 Å². The number of ether oxygens (including phenoxy) is 2. The standard InChI is InChI=1S/C27H22F5N3O4/c28-18-7-17(8-19(29)9-18)22-3-2-16(11-33-22)24(36)6-15-1-4-25(39-27(30,31)32)23(5-15)34-26(37)13-35-12-21-10-20(35)14-38-21/h1-5,7-9,11,20-21H,6,10,12-14H2,(H,34,37)/t20-,21-/m0/s1. The number of alkyl halides is 3. The number of anilines is 1. The zero-order valence-corrected chi connectivity index (χ0v) is 20.3. The molecule has 0 saturated carbocycles. The number of amides is 1. The Bertz CT molecular complexity index is 1380. The number of morpholine rings is 1. The van der Waals surface area contributed by atoms with Gasteiger partial charge in [0.1, 0.15) is 11.6 Å². The van der Waals surface area contributed by atoms with Crippen molar-refractivity contribution in [3.05, 3.63) is 77.5 Å². The van der Waals surface area contributed by atoms with Crippen molar-refractivity contribution in [3.8, 4) is 17.0 Å². The fraction of sp³-hybridized carbons (Fsp3) is 0.296. The Morgan fingerprint density at radius 3 is 2.46 bits per heavy atom. The molecule has 2 aromatic carbocycles. The molecule has 0 aliphatic carbocycles. The number of halogens is 5. The molecule has 3 aromatic rings. The minimum absolute atomic E-state index is 0.0215. The summed E-state index contributed by atoms with van der Waals surface area (Å²) >= 11 is 0. The minimum atomic E-state index is -4.99. The third kappa shape index (κ3) is 6.58. The summed E-state index contributed by atoms with van der Waals surface area (Å²) < 4.78 is 75.5. The van der Waals surface area contributed by atoms with Crippen LogP contribution in [0.15, 0.2) is 54.7 Å². The molecular weight excluding hydrogens is 525 g/mol. The highest BCUT2D eigenvalue weighted by Crippen LogP contribution is 2.32. The molecule has 7 nitrogen and oxygen atoms in total. The number of rotatable bonds is 8. The summed E-state index contributed by atoms with van der Waals surface area (Å²) in [4.78, 5) is 31.5. The number of fused-ring (bicyclic) bond motifs is 2. The lowest BCUT2D eigenvalue weighted by molar-refractivity contribution is -0.274. The highest BCUT2D eigenvalue weighted by Gasteiger charge is 2.39. The first-order valence-electron chi connectivity index (χ1n) is 12.0. The van der Waals surface area contributed by atoms with E-state index < -0.39 is 35.4 Å². The van der Waals surface area contributed by atoms with Gasteiger partial charge in [-0.2, -0.15) is 0 Å². The van der Waals surface area contributed by atoms with E-state index in [9.17, 15) is 31.5 Å². The third-order valence-electron chi connectivity index (χ3n) is 6.51. The van der Waals surface area contributed by atoms with E-state index in [1.54, 1.807) is 0 Å². The van der Waals surface area contributed by atoms with E-state index >= 15 is 0 Å². The molecule has 3 heterocycles. The second kappa shape index (κ2) is 10.7. The van der Waals surface area contributed by atoms with Crippen LogP contribution in [0.25, 0.3) is 11.3 Å². The lowest BCUT2D eigenvalue weighted by atomic mass is 10.0. The highest BCUT2D eigenvalue weighted by atomic mass is 19.4. The van der Waals surface area contributed by atoms with E-state index in [0.29, 0.717) is 18.7 Å². The summed E-state index contributed by atoms with van der Waals surface area (Å²) in [5, 5.41) is 2.48. The van der Waals surface area contributed by atoms with Gasteiger partial charge in [0.05, 0.1) is 30.6 Å². The summed E-state index contributed by atoms with van der Waals surface area (Å²) in [7, 11) is 0. The van der Waals surface area contributed by atoms with Crippen molar-refractivity contribution in [1.29, 1.82) is 0 Å². The van der Waals surface area contributed by atoms with Gasteiger partial charge in [-0.3, -0.25) is 19.5 Å². The average molecular weight is 547 g/mol. The number of aromatic nitrogens is 1. The Hall–Kier alpha value is -3.90. The molecule has 204 valence electrons. The zero-order valence-electron chi connectivity index (χ0n) is 20.3. The Balaban J connectivity index is 1.30. The molecule has 1 amide bonds. The van der Waals surface area contributed by atoms with Crippen LogP contribution < -0.4 is 10.1 Å². The van der Waals surface area contributed by atoms with Crippen molar-refractivity contribution in [3.63, 3.8) is 0 Å². The molecule has 2 aliphatic rings. The van der Waals surface area contributed by atoms with E-state index in [2.05, 4.69) is 15.0 Å². The van der Waals surface area contributed by atoms with Crippen LogP contribution >= 0.6 is 0 Å². The number of carbonyl (C=O) groups is 2. The van der Waals surface area contributed by atoms with Gasteiger partial charge in [0.15, 0.2) is 11.5 Å². The van der Waals surface area contributed by atoms with E-state index in [1.165, 1.54) is 30.5 Å². The van der Waals surface area contributed by atoms with Gasteiger partial charge in [-0.25, -0.2) is 8.78 Å². The lowest BCUT2D eigenvalue weighted by Gasteiger charge is -2.26. The number of carbonyl (C=O) groups excluding carboxylic acids is 2. The number of nitrogens with zero attached hydrogens (tertiary/aromatic N) is 2. The Labute approximate surface area is 219 Å². The molecule has 2 saturated heterocycles. The maximum Gasteiger partial charge on any atom is 0.573 e. The maximum absolute atomic E-state index is 13.5. The quantitative estimate of drug-likeness (QED) is 0.324. The summed E-state index contributed by atoms with van der Waals surface area (Å²) in [5.74, 6) is -3.07. The second-order valence-corrected chi connectivity index (χ2v) is 9.39. The van der Waals surface area contributed by atoms with Gasteiger partial charge in [-0.15, -0.1) is 13.2 Å². The monoisotopic (exact) mass is 547 g/mol. The Morgan fingerprint density at radius 2 is 1.85 bits per heavy atom. The fourth-order valence-corrected chi connectivity index (χ4v) is 4.76. The molecule has 0 unspecified atom stereocenters. The first kappa shape index (κ1) is 26.7. The van der Waals surface area contributed by atoms with Gasteiger partial charge in [0, 0.05) is 42.4 Å². The molecule has 2 aliphatic heterocycles. The number of hydrogen-bond acceptors (Lipinski definition) is 6. The summed E-state index contributed by atoms with van der Waals surface area (Å²) in [5.41, 5.74) is 0.741. The number of Topliss-reactive ketones (excluding diaryl/α,β-unsaturated/α-hetero) is 1. The molecule has 0 spiro atoms. The third-order valence-corrected chi connectivity index (χ3v) is 6.51. The summed E-state index contributed by atoms with van der Waals surface area (Å²) in [6.07, 6.45) is -3.09. The van der Waals surface area contributed by atoms with Gasteiger partial charge < -0.3 is 14.8 Å². The molecule has 12 heteroatoms. The van der Waals surface area contributed by atoms with Crippen LogP contribution in [0.1, 0.15) is 22.3 Å². The van der Waals surface area contributed by atoms with Crippen LogP contribution in [-0.2, 0) is 16.0 Å². The van der Waals surface area contributed by atoms with Gasteiger partial charge in [-0.05, 0) is 48.4 Å². The molecular formula is C27H22F5N3O4. The number of likely N-dealkylation sites (tertiary alicyclic amines) is 1. The number of ketones is 1. The normalized spacial score (nSPS) is 18.8. The molecule has 5 rings (SSSR count). The van der Waals surface area contributed by atoms with Gasteiger partial charge in [-0.1, -0.05) is 6.07 Å². The first-order chi connectivity index (χ1) is 18.5. The second-order valence-electron chi connectivity index (χ2n) is 9.39. The molecule has 39 heavy (non-hydrogen) atoms. The summed E-state index contributed by atoms with van der Waals surface area (Å²) in [6, 6.07) is 9.50.